The van der Waals surface area contributed by atoms with Crippen LogP contribution in [0.2, 0.25) is 0 Å². The van der Waals surface area contributed by atoms with E-state index in [1.54, 1.807) is 5.57 Å². The molecular formula is C10H18. The third kappa shape index (κ3) is 2.55. The van der Waals surface area contributed by atoms with Gasteiger partial charge in [-0.05, 0) is 32.1 Å². The highest BCUT2D eigenvalue weighted by molar-refractivity contribution is 5.00. The van der Waals surface area contributed by atoms with E-state index in [2.05, 4.69) is 19.9 Å². The van der Waals surface area contributed by atoms with E-state index in [1.165, 1.54) is 32.1 Å². The van der Waals surface area contributed by atoms with Gasteiger partial charge in [0.2, 0.25) is 0 Å². The minimum absolute atomic E-state index is 0.834. The minimum atomic E-state index is 0.834. The van der Waals surface area contributed by atoms with Gasteiger partial charge in [0.15, 0.2) is 0 Å². The van der Waals surface area contributed by atoms with Gasteiger partial charge < -0.3 is 0 Å². The van der Waals surface area contributed by atoms with Gasteiger partial charge in [-0.1, -0.05) is 31.4 Å². The molecule has 0 heteroatoms. The molecule has 0 amide bonds. The van der Waals surface area contributed by atoms with Crippen molar-refractivity contribution < 1.29 is 0 Å². The van der Waals surface area contributed by atoms with E-state index in [0.29, 0.717) is 0 Å². The zero-order valence-corrected chi connectivity index (χ0v) is 7.19. The van der Waals surface area contributed by atoms with Crippen LogP contribution in [-0.2, 0) is 0 Å². The van der Waals surface area contributed by atoms with Crippen LogP contribution in [0.3, 0.4) is 0 Å². The van der Waals surface area contributed by atoms with Crippen LogP contribution in [0.4, 0.5) is 0 Å². The van der Waals surface area contributed by atoms with Crippen molar-refractivity contribution in [2.45, 2.75) is 46.0 Å². The first-order valence-electron chi connectivity index (χ1n) is 4.46. The molecule has 0 aromatic rings. The average Bonchev–Trinajstić information content (AvgIpc) is 1.83. The van der Waals surface area contributed by atoms with Crippen LogP contribution in [0.1, 0.15) is 46.0 Å². The maximum atomic E-state index is 2.44. The van der Waals surface area contributed by atoms with E-state index in [0.717, 1.165) is 5.92 Å². The molecule has 58 valence electrons. The normalized spacial score (nSPS) is 28.6. The molecule has 1 unspecified atom stereocenters. The van der Waals surface area contributed by atoms with Crippen LogP contribution in [-0.4, -0.2) is 0 Å². The average molecular weight is 138 g/mol. The highest BCUT2D eigenvalue weighted by atomic mass is 14.1. The maximum Gasteiger partial charge on any atom is -0.0259 e. The van der Waals surface area contributed by atoms with Crippen molar-refractivity contribution in [2.24, 2.45) is 5.92 Å². The Kier molecular flexibility index (Phi) is 2.98. The summed E-state index contributed by atoms with van der Waals surface area (Å²) >= 11 is 0. The highest BCUT2D eigenvalue weighted by Gasteiger charge is 2.02. The second kappa shape index (κ2) is 3.80. The van der Waals surface area contributed by atoms with Crippen LogP contribution in [0.15, 0.2) is 11.6 Å². The van der Waals surface area contributed by atoms with E-state index in [-0.39, 0.29) is 0 Å². The van der Waals surface area contributed by atoms with Crippen molar-refractivity contribution in [2.75, 3.05) is 0 Å². The predicted molar refractivity (Wildman–Crippen MR) is 46.0 cm³/mol. The van der Waals surface area contributed by atoms with Crippen LogP contribution in [0.5, 0.6) is 0 Å². The molecule has 0 saturated heterocycles. The molecule has 0 nitrogen and oxygen atoms in total. The molecule has 1 aliphatic carbocycles. The lowest BCUT2D eigenvalue weighted by Crippen LogP contribution is -1.95. The molecule has 1 aliphatic rings. The Morgan fingerprint density at radius 2 is 2.10 bits per heavy atom. The molecule has 0 bridgehead atoms. The van der Waals surface area contributed by atoms with Gasteiger partial charge in [0.1, 0.15) is 0 Å². The van der Waals surface area contributed by atoms with Gasteiger partial charge in [-0.25, -0.2) is 0 Å². The van der Waals surface area contributed by atoms with Crippen molar-refractivity contribution in [1.82, 2.24) is 0 Å². The van der Waals surface area contributed by atoms with E-state index in [4.69, 9.17) is 0 Å². The monoisotopic (exact) mass is 138 g/mol. The lowest BCUT2D eigenvalue weighted by atomic mass is 9.94. The van der Waals surface area contributed by atoms with Gasteiger partial charge in [-0.3, -0.25) is 0 Å². The Morgan fingerprint density at radius 3 is 2.90 bits per heavy atom. The fourth-order valence-corrected chi connectivity index (χ4v) is 1.70. The summed E-state index contributed by atoms with van der Waals surface area (Å²) in [7, 11) is 0. The van der Waals surface area contributed by atoms with E-state index >= 15 is 0 Å². The summed E-state index contributed by atoms with van der Waals surface area (Å²) in [6.07, 6.45) is 9.47. The smallest absolute Gasteiger partial charge is 0.0259 e. The second-order valence-electron chi connectivity index (χ2n) is 3.59. The molecule has 0 heterocycles. The fraction of sp³-hybridized carbons (Fsp3) is 0.800. The Hall–Kier alpha value is -0.260. The van der Waals surface area contributed by atoms with Gasteiger partial charge in [0.05, 0.1) is 0 Å². The molecule has 0 N–H and O–H groups in total. The zero-order valence-electron chi connectivity index (χ0n) is 7.19. The molecule has 0 saturated carbocycles. The molecule has 0 aromatic heterocycles. The molecule has 0 fully saturated rings. The van der Waals surface area contributed by atoms with Crippen molar-refractivity contribution in [1.29, 1.82) is 0 Å². The number of hydrogen-bond acceptors (Lipinski definition) is 0. The summed E-state index contributed by atoms with van der Waals surface area (Å²) in [4.78, 5) is 0. The first-order valence-corrected chi connectivity index (χ1v) is 4.46. The lowest BCUT2D eigenvalue weighted by Gasteiger charge is -2.12. The summed E-state index contributed by atoms with van der Waals surface area (Å²) in [5.41, 5.74) is 1.60. The topological polar surface area (TPSA) is 0 Å². The third-order valence-corrected chi connectivity index (χ3v) is 2.30. The molecule has 0 aromatic carbocycles. The van der Waals surface area contributed by atoms with Crippen molar-refractivity contribution in [3.05, 3.63) is 11.6 Å². The standard InChI is InChI=1S/C10H18/c1-9-6-4-3-5-7-10(2)8-9/h8-9H,3-7H2,1-2H3. The molecule has 0 radical (unpaired) electrons. The largest absolute Gasteiger partial charge is 0.0828 e. The molecule has 10 heavy (non-hydrogen) atoms. The quantitative estimate of drug-likeness (QED) is 0.449. The Labute approximate surface area is 64.3 Å². The lowest BCUT2D eigenvalue weighted by molar-refractivity contribution is 0.543. The van der Waals surface area contributed by atoms with Gasteiger partial charge in [0, 0.05) is 0 Å². The Bertz CT molecular complexity index is 122. The second-order valence-corrected chi connectivity index (χ2v) is 3.59. The summed E-state index contributed by atoms with van der Waals surface area (Å²) in [5, 5.41) is 0. The van der Waals surface area contributed by atoms with E-state index < -0.39 is 0 Å². The number of hydrogen-bond donors (Lipinski definition) is 0. The summed E-state index contributed by atoms with van der Waals surface area (Å²) < 4.78 is 0. The van der Waals surface area contributed by atoms with Crippen molar-refractivity contribution >= 4 is 0 Å². The van der Waals surface area contributed by atoms with Crippen molar-refractivity contribution in [3.63, 3.8) is 0 Å². The zero-order chi connectivity index (χ0) is 7.40. The first-order chi connectivity index (χ1) is 4.79. The van der Waals surface area contributed by atoms with Gasteiger partial charge in [-0.2, -0.15) is 0 Å². The van der Waals surface area contributed by atoms with Gasteiger partial charge in [0.25, 0.3) is 0 Å². The Morgan fingerprint density at radius 1 is 1.30 bits per heavy atom. The summed E-state index contributed by atoms with van der Waals surface area (Å²) in [6, 6.07) is 0. The molecule has 0 aliphatic heterocycles. The Balaban J connectivity index is 2.46. The van der Waals surface area contributed by atoms with Crippen LogP contribution < -0.4 is 0 Å². The highest BCUT2D eigenvalue weighted by Crippen LogP contribution is 2.20. The van der Waals surface area contributed by atoms with Gasteiger partial charge >= 0.3 is 0 Å². The van der Waals surface area contributed by atoms with Crippen LogP contribution in [0, 0.1) is 5.92 Å². The van der Waals surface area contributed by atoms with Gasteiger partial charge in [-0.15, -0.1) is 0 Å². The molecule has 0 spiro atoms. The molecule has 1 atom stereocenters. The molecule has 1 rings (SSSR count). The first kappa shape index (κ1) is 7.84. The van der Waals surface area contributed by atoms with E-state index in [9.17, 15) is 0 Å². The van der Waals surface area contributed by atoms with Crippen LogP contribution in [0.25, 0.3) is 0 Å². The van der Waals surface area contributed by atoms with E-state index in [1.807, 2.05) is 0 Å². The third-order valence-electron chi connectivity index (χ3n) is 2.30. The summed E-state index contributed by atoms with van der Waals surface area (Å²) in [6.45, 7) is 4.59. The summed E-state index contributed by atoms with van der Waals surface area (Å²) in [5.74, 6) is 0.834. The minimum Gasteiger partial charge on any atom is -0.0828 e. The SMILES string of the molecule is CC1=CC(C)CCCCC1. The van der Waals surface area contributed by atoms with Crippen LogP contribution >= 0.6 is 0 Å². The predicted octanol–water partition coefficient (Wildman–Crippen LogP) is 3.53. The fourth-order valence-electron chi connectivity index (χ4n) is 1.70. The van der Waals surface area contributed by atoms with Crippen molar-refractivity contribution in [3.8, 4) is 0 Å². The maximum absolute atomic E-state index is 2.44. The molecular weight excluding hydrogens is 120 g/mol. The number of rotatable bonds is 0. The number of allylic oxidation sites excluding steroid dienone is 2.